The first-order chi connectivity index (χ1) is 12.7. The second-order valence-electron chi connectivity index (χ2n) is 7.97. The summed E-state index contributed by atoms with van der Waals surface area (Å²) in [7, 11) is 1.83. The van der Waals surface area contributed by atoms with Crippen LogP contribution in [0.15, 0.2) is 40.8 Å². The van der Waals surface area contributed by atoms with Crippen molar-refractivity contribution in [1.29, 1.82) is 0 Å². The number of aromatic nitrogens is 1. The van der Waals surface area contributed by atoms with Crippen LogP contribution in [-0.4, -0.2) is 51.9 Å². The molecule has 4 unspecified atom stereocenters. The van der Waals surface area contributed by atoms with E-state index in [9.17, 15) is 9.90 Å². The number of nitrogens with zero attached hydrogens (tertiary/aromatic N) is 4. The molecule has 5 rings (SSSR count). The highest BCUT2D eigenvalue weighted by Crippen LogP contribution is 2.55. The van der Waals surface area contributed by atoms with E-state index < -0.39 is 0 Å². The summed E-state index contributed by atoms with van der Waals surface area (Å²) in [6, 6.07) is 5.81. The van der Waals surface area contributed by atoms with Gasteiger partial charge in [-0.1, -0.05) is 6.07 Å². The second-order valence-corrected chi connectivity index (χ2v) is 7.97. The average molecular weight is 352 g/mol. The van der Waals surface area contributed by atoms with E-state index in [1.54, 1.807) is 16.1 Å². The minimum absolute atomic E-state index is 0.0565. The van der Waals surface area contributed by atoms with Gasteiger partial charge in [0.1, 0.15) is 0 Å². The molecule has 1 N–H and O–H groups in total. The molecule has 3 heterocycles. The zero-order valence-corrected chi connectivity index (χ0v) is 15.0. The summed E-state index contributed by atoms with van der Waals surface area (Å²) in [6.07, 6.45) is 6.02. The highest BCUT2D eigenvalue weighted by Gasteiger charge is 2.51. The Balaban J connectivity index is 1.56. The van der Waals surface area contributed by atoms with Crippen molar-refractivity contribution in [1.82, 2.24) is 14.9 Å². The van der Waals surface area contributed by atoms with Gasteiger partial charge in [-0.25, -0.2) is 4.79 Å². The lowest BCUT2D eigenvalue weighted by atomic mass is 9.80. The van der Waals surface area contributed by atoms with Crippen molar-refractivity contribution in [3.63, 3.8) is 0 Å². The molecule has 0 spiro atoms. The number of hydrazone groups is 1. The van der Waals surface area contributed by atoms with Crippen molar-refractivity contribution in [3.05, 3.63) is 41.4 Å². The third-order valence-electron chi connectivity index (χ3n) is 6.66. The van der Waals surface area contributed by atoms with Crippen molar-refractivity contribution < 1.29 is 9.90 Å². The first kappa shape index (κ1) is 16.0. The van der Waals surface area contributed by atoms with E-state index >= 15 is 0 Å². The van der Waals surface area contributed by atoms with Crippen LogP contribution < -0.4 is 0 Å². The summed E-state index contributed by atoms with van der Waals surface area (Å²) < 4.78 is 0. The van der Waals surface area contributed by atoms with Gasteiger partial charge in [0.2, 0.25) is 0 Å². The lowest BCUT2D eigenvalue weighted by molar-refractivity contribution is 0.202. The Morgan fingerprint density at radius 2 is 2.08 bits per heavy atom. The summed E-state index contributed by atoms with van der Waals surface area (Å²) in [5.74, 6) is 2.01. The number of amides is 2. The highest BCUT2D eigenvalue weighted by atomic mass is 16.3. The van der Waals surface area contributed by atoms with Gasteiger partial charge in [-0.15, -0.1) is 0 Å². The van der Waals surface area contributed by atoms with Gasteiger partial charge in [-0.3, -0.25) is 4.98 Å². The van der Waals surface area contributed by atoms with Crippen LogP contribution in [-0.2, 0) is 0 Å². The quantitative estimate of drug-likeness (QED) is 0.889. The number of carbonyl (C=O) groups is 1. The van der Waals surface area contributed by atoms with Crippen LogP contribution in [0.25, 0.3) is 0 Å². The molecular formula is C20H24N4O2. The van der Waals surface area contributed by atoms with E-state index in [4.69, 9.17) is 5.10 Å². The van der Waals surface area contributed by atoms with Crippen molar-refractivity contribution >= 4 is 11.7 Å². The molecule has 1 aromatic rings. The minimum Gasteiger partial charge on any atom is -0.396 e. The van der Waals surface area contributed by atoms with Gasteiger partial charge in [0, 0.05) is 25.8 Å². The van der Waals surface area contributed by atoms with Crippen LogP contribution in [0, 0.1) is 23.7 Å². The molecular weight excluding hydrogens is 328 g/mol. The van der Waals surface area contributed by atoms with Crippen molar-refractivity contribution in [2.45, 2.75) is 25.7 Å². The molecule has 2 saturated carbocycles. The normalized spacial score (nSPS) is 33.2. The molecule has 0 bridgehead atoms. The van der Waals surface area contributed by atoms with Crippen LogP contribution in [0.2, 0.25) is 0 Å². The Bertz CT molecular complexity index is 803. The summed E-state index contributed by atoms with van der Waals surface area (Å²) in [4.78, 5) is 18.8. The van der Waals surface area contributed by atoms with Gasteiger partial charge < -0.3 is 10.0 Å². The molecule has 6 heteroatoms. The Labute approximate surface area is 153 Å². The molecule has 2 aliphatic heterocycles. The smallest absolute Gasteiger partial charge is 0.345 e. The number of aliphatic hydroxyl groups excluding tert-OH is 1. The summed E-state index contributed by atoms with van der Waals surface area (Å²) in [6.45, 7) is 0.946. The van der Waals surface area contributed by atoms with Crippen LogP contribution in [0.5, 0.6) is 0 Å². The lowest BCUT2D eigenvalue weighted by Crippen LogP contribution is -2.34. The predicted octanol–water partition coefficient (Wildman–Crippen LogP) is 2.47. The Kier molecular flexibility index (Phi) is 3.64. The number of carbonyl (C=O) groups excluding carboxylic acids is 1. The molecule has 0 aromatic carbocycles. The zero-order valence-electron chi connectivity index (χ0n) is 15.0. The number of hydrogen-bond donors (Lipinski definition) is 1. The summed E-state index contributed by atoms with van der Waals surface area (Å²) >= 11 is 0. The molecule has 0 radical (unpaired) electrons. The third-order valence-corrected chi connectivity index (χ3v) is 6.66. The maximum Gasteiger partial charge on any atom is 0.345 e. The number of pyridine rings is 1. The molecule has 26 heavy (non-hydrogen) atoms. The maximum atomic E-state index is 12.6. The third kappa shape index (κ3) is 2.31. The number of fused-ring (bicyclic) bond motifs is 3. The molecule has 136 valence electrons. The monoisotopic (exact) mass is 352 g/mol. The van der Waals surface area contributed by atoms with Gasteiger partial charge in [0.05, 0.1) is 23.6 Å². The molecule has 1 saturated heterocycles. The number of allylic oxidation sites excluding steroid dienone is 1. The number of rotatable bonds is 2. The SMILES string of the molecule is CN1CC2=C3CCC4C(CO)C4CCC3C(c3ccccn3)=NN2C1=O. The highest BCUT2D eigenvalue weighted by molar-refractivity contribution is 6.04. The Morgan fingerprint density at radius 3 is 2.85 bits per heavy atom. The minimum atomic E-state index is -0.0565. The van der Waals surface area contributed by atoms with Crippen molar-refractivity contribution in [2.24, 2.45) is 28.8 Å². The zero-order chi connectivity index (χ0) is 17.8. The molecule has 2 amide bonds. The first-order valence-electron chi connectivity index (χ1n) is 9.57. The maximum absolute atomic E-state index is 12.6. The van der Waals surface area contributed by atoms with Crippen LogP contribution in [0.1, 0.15) is 31.4 Å². The fourth-order valence-electron chi connectivity index (χ4n) is 5.23. The van der Waals surface area contributed by atoms with Gasteiger partial charge in [0.25, 0.3) is 0 Å². The largest absolute Gasteiger partial charge is 0.396 e. The van der Waals surface area contributed by atoms with Crippen LogP contribution in [0.4, 0.5) is 4.79 Å². The Morgan fingerprint density at radius 1 is 1.23 bits per heavy atom. The van der Waals surface area contributed by atoms with Gasteiger partial charge >= 0.3 is 6.03 Å². The van der Waals surface area contributed by atoms with Crippen LogP contribution in [0.3, 0.4) is 0 Å². The average Bonchev–Trinajstić information content (AvgIpc) is 3.24. The van der Waals surface area contributed by atoms with Gasteiger partial charge in [0.15, 0.2) is 0 Å². The second kappa shape index (κ2) is 5.91. The van der Waals surface area contributed by atoms with E-state index in [0.717, 1.165) is 42.8 Å². The molecule has 3 fully saturated rings. The van der Waals surface area contributed by atoms with Crippen molar-refractivity contribution in [3.8, 4) is 0 Å². The number of urea groups is 1. The number of aliphatic hydroxyl groups is 1. The molecule has 6 nitrogen and oxygen atoms in total. The van der Waals surface area contributed by atoms with E-state index in [1.807, 2.05) is 25.2 Å². The molecule has 4 atom stereocenters. The number of likely N-dealkylation sites (N-methyl/N-ethyl adjacent to an activating group) is 1. The molecule has 4 aliphatic rings. The first-order valence-corrected chi connectivity index (χ1v) is 9.57. The lowest BCUT2D eigenvalue weighted by Gasteiger charge is -2.31. The molecule has 1 aromatic heterocycles. The fraction of sp³-hybridized carbons (Fsp3) is 0.550. The summed E-state index contributed by atoms with van der Waals surface area (Å²) in [5, 5.41) is 16.0. The van der Waals surface area contributed by atoms with E-state index in [2.05, 4.69) is 4.98 Å². The van der Waals surface area contributed by atoms with Gasteiger partial charge in [-0.05, 0) is 61.1 Å². The van der Waals surface area contributed by atoms with Gasteiger partial charge in [-0.2, -0.15) is 10.1 Å². The summed E-state index contributed by atoms with van der Waals surface area (Å²) in [5.41, 5.74) is 4.22. The van der Waals surface area contributed by atoms with Crippen molar-refractivity contribution in [2.75, 3.05) is 20.2 Å². The fourth-order valence-corrected chi connectivity index (χ4v) is 5.23. The van der Waals surface area contributed by atoms with E-state index in [0.29, 0.717) is 30.9 Å². The van der Waals surface area contributed by atoms with E-state index in [1.165, 1.54) is 5.57 Å². The standard InChI is InChI=1S/C20H24N4O2/c1-23-10-18-14-7-5-12-13(16(12)11-25)6-8-15(14)19(22-24(18)20(23)26)17-4-2-3-9-21-17/h2-4,9,12-13,15-16,25H,5-8,10-11H2,1H3. The van der Waals surface area contributed by atoms with E-state index in [-0.39, 0.29) is 11.9 Å². The Hall–Kier alpha value is -2.21. The molecule has 2 aliphatic carbocycles. The van der Waals surface area contributed by atoms with Crippen LogP contribution >= 0.6 is 0 Å². The topological polar surface area (TPSA) is 69.0 Å². The predicted molar refractivity (Wildman–Crippen MR) is 97.2 cm³/mol. The number of hydrogen-bond acceptors (Lipinski definition) is 4.